The third-order valence-electron chi connectivity index (χ3n) is 26.8. The third-order valence-corrected chi connectivity index (χ3v) is 26.8. The van der Waals surface area contributed by atoms with Gasteiger partial charge in [-0.1, -0.05) is 52.7 Å². The lowest BCUT2D eigenvalue weighted by Crippen LogP contribution is -2.67. The minimum atomic E-state index is 0.363. The molecule has 0 radical (unpaired) electrons. The van der Waals surface area contributed by atoms with Crippen LogP contribution in [0, 0.1) is 40.9 Å². The van der Waals surface area contributed by atoms with Crippen LogP contribution in [0.15, 0.2) is 11.6 Å². The quantitative estimate of drug-likeness (QED) is 0.248. The highest BCUT2D eigenvalue weighted by atomic mass is 15.4. The summed E-state index contributed by atoms with van der Waals surface area (Å²) in [5.74, 6) is 5.99. The van der Waals surface area contributed by atoms with Crippen molar-refractivity contribution in [2.75, 3.05) is 114 Å². The Labute approximate surface area is 553 Å². The summed E-state index contributed by atoms with van der Waals surface area (Å²) in [4.78, 5) is 28.8. The second-order valence-corrected chi connectivity index (χ2v) is 38.2. The molecule has 11 heteroatoms. The van der Waals surface area contributed by atoms with E-state index in [-0.39, 0.29) is 0 Å². The molecule has 518 valence electrons. The molecule has 16 rings (SSSR count). The summed E-state index contributed by atoms with van der Waals surface area (Å²) in [5, 5.41) is 0. The summed E-state index contributed by atoms with van der Waals surface area (Å²) in [6, 6.07) is 9.79. The molecule has 0 N–H and O–H groups in total. The van der Waals surface area contributed by atoms with Crippen molar-refractivity contribution in [2.24, 2.45) is 40.9 Å². The molecule has 14 heterocycles. The second kappa shape index (κ2) is 30.0. The summed E-state index contributed by atoms with van der Waals surface area (Å²) in [6.07, 6.45) is 23.9. The number of hydrogen-bond donors (Lipinski definition) is 0. The lowest BCUT2D eigenvalue weighted by Gasteiger charge is -2.56. The largest absolute Gasteiger partial charge is 0.301 e. The second-order valence-electron chi connectivity index (χ2n) is 38.2. The molecule has 14 bridgehead atoms. The molecule has 16 aliphatic rings. The van der Waals surface area contributed by atoms with E-state index in [1.54, 1.807) is 5.57 Å². The van der Waals surface area contributed by atoms with E-state index in [9.17, 15) is 0 Å². The maximum atomic E-state index is 2.70. The average molecular weight is 1240 g/mol. The Morgan fingerprint density at radius 1 is 0.348 bits per heavy atom. The zero-order chi connectivity index (χ0) is 65.6. The van der Waals surface area contributed by atoms with Gasteiger partial charge in [-0.25, -0.2) is 0 Å². The Kier molecular flexibility index (Phi) is 24.9. The molecular formula is C78H151N11. The number of fused-ring (bicyclic) bond motifs is 15. The minimum absolute atomic E-state index is 0.363. The van der Waals surface area contributed by atoms with Gasteiger partial charge in [0.15, 0.2) is 0 Å². The van der Waals surface area contributed by atoms with E-state index >= 15 is 0 Å². The smallest absolute Gasteiger partial charge is 0.0281 e. The van der Waals surface area contributed by atoms with Crippen LogP contribution in [-0.2, 0) is 0 Å². The Morgan fingerprint density at radius 2 is 0.708 bits per heavy atom. The fraction of sp³-hybridized carbons (Fsp3) is 0.974. The first-order valence-electron chi connectivity index (χ1n) is 38.1. The van der Waals surface area contributed by atoms with Crippen molar-refractivity contribution < 1.29 is 0 Å². The predicted octanol–water partition coefficient (Wildman–Crippen LogP) is 13.8. The number of likely N-dealkylation sites (tertiary alicyclic amines) is 4. The van der Waals surface area contributed by atoms with Crippen LogP contribution >= 0.6 is 0 Å². The van der Waals surface area contributed by atoms with Gasteiger partial charge in [0.1, 0.15) is 0 Å². The molecule has 2 saturated carbocycles. The first-order chi connectivity index (χ1) is 41.3. The van der Waals surface area contributed by atoms with Crippen LogP contribution in [0.2, 0.25) is 0 Å². The van der Waals surface area contributed by atoms with E-state index in [1.807, 2.05) is 0 Å². The Hall–Kier alpha value is -0.700. The highest BCUT2D eigenvalue weighted by molar-refractivity contribution is 5.22. The van der Waals surface area contributed by atoms with Crippen molar-refractivity contribution in [3.05, 3.63) is 11.6 Å². The molecule has 11 nitrogen and oxygen atoms in total. The molecular weight excluding hydrogens is 1090 g/mol. The molecule has 0 aromatic carbocycles. The van der Waals surface area contributed by atoms with Crippen molar-refractivity contribution in [3.8, 4) is 0 Å². The minimum Gasteiger partial charge on any atom is -0.301 e. The molecule has 2 aliphatic carbocycles. The van der Waals surface area contributed by atoms with Gasteiger partial charge in [-0.3, -0.25) is 49.0 Å². The van der Waals surface area contributed by atoms with E-state index in [1.165, 1.54) is 175 Å². The molecule has 0 amide bonds. The maximum absolute atomic E-state index is 2.70. The van der Waals surface area contributed by atoms with Gasteiger partial charge in [0.05, 0.1) is 0 Å². The monoisotopic (exact) mass is 1240 g/mol. The topological polar surface area (TPSA) is 35.6 Å². The molecule has 13 unspecified atom stereocenters. The highest BCUT2D eigenvalue weighted by Crippen LogP contribution is 2.45. The Balaban J connectivity index is 0.000000134. The van der Waals surface area contributed by atoms with Crippen LogP contribution in [0.3, 0.4) is 0 Å². The predicted molar refractivity (Wildman–Crippen MR) is 384 cm³/mol. The van der Waals surface area contributed by atoms with Crippen LogP contribution in [0.25, 0.3) is 0 Å². The van der Waals surface area contributed by atoms with E-state index in [0.29, 0.717) is 27.6 Å². The van der Waals surface area contributed by atoms with E-state index in [0.717, 1.165) is 108 Å². The van der Waals surface area contributed by atoms with Gasteiger partial charge in [-0.05, 0) is 277 Å². The fourth-order valence-corrected chi connectivity index (χ4v) is 19.2. The van der Waals surface area contributed by atoms with Crippen LogP contribution in [0.4, 0.5) is 0 Å². The van der Waals surface area contributed by atoms with Crippen LogP contribution < -0.4 is 0 Å². The molecule has 0 aromatic rings. The van der Waals surface area contributed by atoms with E-state index in [4.69, 9.17) is 0 Å². The number of piperidine rings is 6. The number of hydrogen-bond acceptors (Lipinski definition) is 11. The molecule has 14 aliphatic heterocycles. The summed E-state index contributed by atoms with van der Waals surface area (Å²) >= 11 is 0. The summed E-state index contributed by atoms with van der Waals surface area (Å²) < 4.78 is 0. The van der Waals surface area contributed by atoms with Gasteiger partial charge in [0, 0.05) is 173 Å². The maximum Gasteiger partial charge on any atom is 0.0281 e. The van der Waals surface area contributed by atoms with Crippen LogP contribution in [0.1, 0.15) is 242 Å². The zero-order valence-electron chi connectivity index (χ0n) is 64.0. The average Bonchev–Trinajstić information content (AvgIpc) is 1.82. The van der Waals surface area contributed by atoms with Crippen molar-refractivity contribution in [3.63, 3.8) is 0 Å². The lowest BCUT2D eigenvalue weighted by molar-refractivity contribution is -0.0605. The van der Waals surface area contributed by atoms with Gasteiger partial charge < -0.3 is 4.90 Å². The van der Waals surface area contributed by atoms with E-state index < -0.39 is 0 Å². The van der Waals surface area contributed by atoms with Crippen molar-refractivity contribution in [1.82, 2.24) is 53.9 Å². The summed E-state index contributed by atoms with van der Waals surface area (Å²) in [6.45, 7) is 65.0. The van der Waals surface area contributed by atoms with Crippen LogP contribution in [-0.4, -0.2) is 262 Å². The number of likely N-dealkylation sites (N-methyl/N-ethyl adjacent to an activating group) is 5. The number of piperazine rings is 4. The zero-order valence-corrected chi connectivity index (χ0v) is 64.0. The van der Waals surface area contributed by atoms with Crippen molar-refractivity contribution in [1.29, 1.82) is 0 Å². The fourth-order valence-electron chi connectivity index (χ4n) is 19.2. The standard InChI is InChI=1S/C12H21N.2C12H23N.3C11H22N2.C9H18N2/c1-12(2,3)9-7-10-5-6-11(8-9)13(10)4;2*1-9-10-5-6-11(9)8-13(7-10)12(2,3)4;1-11(2,3)13-8-9-5-6-10(13)7-12(9)4;1-11(2,3)13-7-9-5-6-10(8-13)12(9)4;1-9(2)13-7-10-5-4-6-11(8-13)12(10)3;1-7(2)11-5-8-4-9(6-11)10(8)3/h7,10-11H,5-6,8H2,1-4H3;2*9-11H,5-8H2,1-4H3;2*9-10H,5-8H2,1-4H3;9-11H,4-8H2,1-3H3;7-9H,4-6H2,1-3H3/t;9?,10-,11+;;;;;. The number of rotatable bonds is 2. The highest BCUT2D eigenvalue weighted by Gasteiger charge is 2.47. The Morgan fingerprint density at radius 3 is 1.04 bits per heavy atom. The molecule has 15 fully saturated rings. The van der Waals surface area contributed by atoms with E-state index in [2.05, 4.69) is 241 Å². The van der Waals surface area contributed by atoms with Crippen LogP contribution in [0.5, 0.6) is 0 Å². The Bertz CT molecular complexity index is 2020. The first kappa shape index (κ1) is 74.1. The third kappa shape index (κ3) is 18.7. The first-order valence-corrected chi connectivity index (χ1v) is 38.1. The molecule has 0 aromatic heterocycles. The lowest BCUT2D eigenvalue weighted by atomic mass is 9.81. The molecule has 15 atom stereocenters. The van der Waals surface area contributed by atoms with Gasteiger partial charge >= 0.3 is 0 Å². The van der Waals surface area contributed by atoms with Crippen molar-refractivity contribution >= 4 is 0 Å². The summed E-state index contributed by atoms with van der Waals surface area (Å²) in [5.41, 5.74) is 3.58. The summed E-state index contributed by atoms with van der Waals surface area (Å²) in [7, 11) is 11.4. The van der Waals surface area contributed by atoms with Gasteiger partial charge in [-0.15, -0.1) is 0 Å². The van der Waals surface area contributed by atoms with Gasteiger partial charge in [-0.2, -0.15) is 0 Å². The molecule has 0 spiro atoms. The SMILES string of the molecule is CC(C)N1CC2CC(C1)N2C.CC(C)N1CC2CCCC(C1)N2C.CC1C2CCC1CN(C(C)(C)C)C2.CC1[C@@H]2CC[C@H]1CN(C(C)(C)C)C2.CN1C2C=C(C(C)(C)C)CC1CC2.CN1C2CCC1CN(C(C)(C)C)C2.CN1CC2CCC1CN2C(C)(C)C. The normalized spacial score (nSPS) is 38.1. The molecule has 89 heavy (non-hydrogen) atoms. The number of nitrogens with zero attached hydrogens (tertiary/aromatic N) is 11. The van der Waals surface area contributed by atoms with Crippen molar-refractivity contribution in [2.45, 2.75) is 336 Å². The van der Waals surface area contributed by atoms with Gasteiger partial charge in [0.2, 0.25) is 0 Å². The van der Waals surface area contributed by atoms with Gasteiger partial charge in [0.25, 0.3) is 0 Å². The molecule has 13 saturated heterocycles.